The molecule has 3 aliphatic heterocycles. The van der Waals surface area contributed by atoms with Crippen LogP contribution in [0.15, 0.2) is 67.3 Å². The second-order valence-corrected chi connectivity index (χ2v) is 16.2. The van der Waals surface area contributed by atoms with Gasteiger partial charge in [-0.1, -0.05) is 67.9 Å². The number of fused-ring (bicyclic) bond motifs is 8. The van der Waals surface area contributed by atoms with Crippen molar-refractivity contribution in [3.8, 4) is 35.4 Å². The van der Waals surface area contributed by atoms with Crippen molar-refractivity contribution < 1.29 is 24.5 Å². The van der Waals surface area contributed by atoms with Crippen LogP contribution in [0, 0.1) is 47.0 Å². The van der Waals surface area contributed by atoms with Gasteiger partial charge in [0, 0.05) is 49.2 Å². The SMILES string of the molecule is CC1C=CC(C(O)CC(=O)CCc2ccc3c(c2)OC2C(C#CC(O)c4ccc5c(c4Cc4c[nH]c6cn2cc46)C=CNC5N)C2(C#CO3)CCCC2)CC1. The molecule has 1 fully saturated rings. The number of nitrogens with one attached hydrogen (secondary N) is 2. The van der Waals surface area contributed by atoms with Crippen molar-refractivity contribution in [2.75, 3.05) is 0 Å². The molecule has 2 aromatic heterocycles. The first-order valence-electron chi connectivity index (χ1n) is 19.8. The van der Waals surface area contributed by atoms with E-state index in [0.717, 1.165) is 82.8 Å². The van der Waals surface area contributed by atoms with E-state index in [1.807, 2.05) is 48.8 Å². The Labute approximate surface area is 322 Å². The first-order chi connectivity index (χ1) is 26.7. The molecule has 5 aliphatic rings. The van der Waals surface area contributed by atoms with Crippen LogP contribution in [0.4, 0.5) is 0 Å². The number of aliphatic hydroxyl groups excluding tert-OH is 2. The van der Waals surface area contributed by atoms with Gasteiger partial charge in [-0.05, 0) is 95.8 Å². The average Bonchev–Trinajstić information content (AvgIpc) is 3.93. The van der Waals surface area contributed by atoms with Crippen LogP contribution in [0.2, 0.25) is 0 Å². The monoisotopic (exact) mass is 736 g/mol. The first-order valence-corrected chi connectivity index (χ1v) is 19.8. The Kier molecular flexibility index (Phi) is 9.34. The molecule has 0 radical (unpaired) electrons. The third kappa shape index (κ3) is 6.76. The Hall–Kier alpha value is -5.19. The normalized spacial score (nSPS) is 26.3. The lowest BCUT2D eigenvalue weighted by Crippen LogP contribution is -2.35. The van der Waals surface area contributed by atoms with Gasteiger partial charge in [-0.15, -0.1) is 0 Å². The number of aryl methyl sites for hydroxylation is 1. The highest BCUT2D eigenvalue weighted by atomic mass is 16.5. The summed E-state index contributed by atoms with van der Waals surface area (Å²) in [5.41, 5.74) is 12.7. The zero-order valence-electron chi connectivity index (χ0n) is 31.2. The third-order valence-corrected chi connectivity index (χ3v) is 12.6. The van der Waals surface area contributed by atoms with Crippen LogP contribution in [0.25, 0.3) is 17.0 Å². The van der Waals surface area contributed by atoms with Gasteiger partial charge < -0.3 is 40.3 Å². The van der Waals surface area contributed by atoms with E-state index in [-0.39, 0.29) is 24.3 Å². The molecule has 2 aromatic carbocycles. The van der Waals surface area contributed by atoms with E-state index in [2.05, 4.69) is 70.2 Å². The van der Waals surface area contributed by atoms with Crippen LogP contribution >= 0.6 is 0 Å². The van der Waals surface area contributed by atoms with Crippen molar-refractivity contribution >= 4 is 22.8 Å². The number of ketones is 1. The number of Topliss-reactive ketones (excluding diaryl/α,β-unsaturated/α-hetero) is 1. The zero-order valence-corrected chi connectivity index (χ0v) is 31.2. The maximum Gasteiger partial charge on any atom is 0.191 e. The lowest BCUT2D eigenvalue weighted by Gasteiger charge is -2.35. The van der Waals surface area contributed by atoms with Crippen molar-refractivity contribution in [1.82, 2.24) is 14.9 Å². The van der Waals surface area contributed by atoms with Crippen molar-refractivity contribution in [2.45, 2.75) is 95.7 Å². The van der Waals surface area contributed by atoms with Crippen LogP contribution in [-0.4, -0.2) is 31.7 Å². The molecule has 2 aliphatic carbocycles. The number of carbonyl (C=O) groups excluding carboxylic acids is 1. The summed E-state index contributed by atoms with van der Waals surface area (Å²) >= 11 is 0. The highest BCUT2D eigenvalue weighted by Gasteiger charge is 2.46. The van der Waals surface area contributed by atoms with E-state index in [1.165, 1.54) is 0 Å². The summed E-state index contributed by atoms with van der Waals surface area (Å²) in [5, 5.41) is 27.0. The predicted molar refractivity (Wildman–Crippen MR) is 211 cm³/mol. The number of aromatic nitrogens is 2. The number of ether oxygens (including phenoxy) is 2. The molecule has 9 rings (SSSR count). The molecule has 0 saturated heterocycles. The smallest absolute Gasteiger partial charge is 0.191 e. The van der Waals surface area contributed by atoms with Crippen LogP contribution in [0.5, 0.6) is 11.5 Å². The zero-order chi connectivity index (χ0) is 37.7. The van der Waals surface area contributed by atoms with Gasteiger partial charge in [0.2, 0.25) is 0 Å². The second kappa shape index (κ2) is 14.5. The van der Waals surface area contributed by atoms with E-state index >= 15 is 0 Å². The minimum absolute atomic E-state index is 0.0314. The number of nitrogens with two attached hydrogens (primary N) is 1. The Morgan fingerprint density at radius 1 is 1.09 bits per heavy atom. The summed E-state index contributed by atoms with van der Waals surface area (Å²) < 4.78 is 15.3. The lowest BCUT2D eigenvalue weighted by molar-refractivity contribution is -0.121. The fraction of sp³-hybridized carbons (Fsp3) is 0.413. The molecule has 282 valence electrons. The summed E-state index contributed by atoms with van der Waals surface area (Å²) in [6, 6.07) is 9.71. The van der Waals surface area contributed by atoms with Gasteiger partial charge in [-0.2, -0.15) is 0 Å². The van der Waals surface area contributed by atoms with Crippen molar-refractivity contribution in [3.63, 3.8) is 0 Å². The van der Waals surface area contributed by atoms with Crippen LogP contribution in [-0.2, 0) is 17.6 Å². The quantitative estimate of drug-likeness (QED) is 0.105. The molecule has 6 N–H and O–H groups in total. The lowest BCUT2D eigenvalue weighted by atomic mass is 9.73. The molecule has 55 heavy (non-hydrogen) atoms. The Balaban J connectivity index is 1.07. The third-order valence-electron chi connectivity index (χ3n) is 12.6. The minimum Gasteiger partial charge on any atom is -0.465 e. The first kappa shape index (κ1) is 35.5. The number of carbonyl (C=O) groups is 1. The largest absolute Gasteiger partial charge is 0.465 e. The fourth-order valence-corrected chi connectivity index (χ4v) is 9.34. The summed E-state index contributed by atoms with van der Waals surface area (Å²) in [6.07, 6.45) is 21.9. The molecule has 5 heterocycles. The van der Waals surface area contributed by atoms with Crippen LogP contribution in [0.1, 0.15) is 110 Å². The Morgan fingerprint density at radius 2 is 1.95 bits per heavy atom. The maximum atomic E-state index is 13.1. The van der Waals surface area contributed by atoms with Gasteiger partial charge in [0.25, 0.3) is 0 Å². The van der Waals surface area contributed by atoms with Crippen LogP contribution in [0.3, 0.4) is 0 Å². The van der Waals surface area contributed by atoms with Gasteiger partial charge in [0.1, 0.15) is 24.2 Å². The number of H-pyrrole nitrogens is 1. The van der Waals surface area contributed by atoms with E-state index in [1.54, 1.807) is 0 Å². The topological polar surface area (TPSA) is 135 Å². The molecule has 2 bridgehead atoms. The maximum absolute atomic E-state index is 13.1. The number of aromatic amines is 1. The van der Waals surface area contributed by atoms with E-state index in [0.29, 0.717) is 36.7 Å². The predicted octanol–water partition coefficient (Wildman–Crippen LogP) is 7.10. The Morgan fingerprint density at radius 3 is 2.78 bits per heavy atom. The number of nitrogens with zero attached hydrogens (tertiary/aromatic N) is 1. The number of hydrogen-bond acceptors (Lipinski definition) is 7. The molecule has 9 heteroatoms. The summed E-state index contributed by atoms with van der Waals surface area (Å²) in [4.78, 5) is 16.6. The molecule has 0 amide bonds. The highest BCUT2D eigenvalue weighted by Crippen LogP contribution is 2.50. The van der Waals surface area contributed by atoms with Gasteiger partial charge in [0.15, 0.2) is 17.7 Å². The molecule has 4 aromatic rings. The summed E-state index contributed by atoms with van der Waals surface area (Å²) in [6.45, 7) is 2.18. The second-order valence-electron chi connectivity index (χ2n) is 16.2. The average molecular weight is 737 g/mol. The van der Waals surface area contributed by atoms with Crippen molar-refractivity contribution in [1.29, 1.82) is 0 Å². The molecule has 7 unspecified atom stereocenters. The Bertz CT molecular complexity index is 2320. The van der Waals surface area contributed by atoms with Crippen molar-refractivity contribution in [2.24, 2.45) is 28.9 Å². The van der Waals surface area contributed by atoms with Gasteiger partial charge in [-0.3, -0.25) is 4.79 Å². The molecule has 1 saturated carbocycles. The van der Waals surface area contributed by atoms with E-state index in [4.69, 9.17) is 15.2 Å². The fourth-order valence-electron chi connectivity index (χ4n) is 9.34. The van der Waals surface area contributed by atoms with E-state index < -0.39 is 29.8 Å². The number of aliphatic hydroxyl groups is 2. The van der Waals surface area contributed by atoms with Gasteiger partial charge in [0.05, 0.1) is 23.0 Å². The summed E-state index contributed by atoms with van der Waals surface area (Å²) in [5.74, 6) is 11.6. The molecular formula is C46H48N4O5. The minimum atomic E-state index is -1.05. The number of allylic oxidation sites excluding steroid dienone is 1. The van der Waals surface area contributed by atoms with Crippen molar-refractivity contribution in [3.05, 3.63) is 101 Å². The van der Waals surface area contributed by atoms with E-state index in [9.17, 15) is 15.0 Å². The number of benzene rings is 2. The molecule has 7 atom stereocenters. The molecule has 1 spiro atoms. The molecular weight excluding hydrogens is 689 g/mol. The standard InChI is InChI=1S/C46H48N4O5/c1-28-4-8-30(9-5-28)41(53)24-32(51)10-6-29-7-15-42-43(22-29)55-45-38(46(19-21-54-42)17-2-3-18-46)13-14-40(52)34-11-12-35-33(16-20-48-44(35)47)36(34)23-31-25-49-39-27-50(45)26-37(31)39/h4,7-8,11-12,15-16,20,22,25-28,30,38,40-41,44-45,48-49,52-53H,2-3,5-6,9-10,17-18,23-24,47H2,1H3. The van der Waals surface area contributed by atoms with Gasteiger partial charge >= 0.3 is 0 Å². The number of hydrogen-bond donors (Lipinski definition) is 5. The molecule has 9 nitrogen and oxygen atoms in total. The van der Waals surface area contributed by atoms with Crippen LogP contribution < -0.4 is 20.5 Å². The summed E-state index contributed by atoms with van der Waals surface area (Å²) in [7, 11) is 0. The number of rotatable bonds is 6. The highest BCUT2D eigenvalue weighted by molar-refractivity contribution is 5.84. The van der Waals surface area contributed by atoms with Gasteiger partial charge in [-0.25, -0.2) is 0 Å².